The Morgan fingerprint density at radius 1 is 1.19 bits per heavy atom. The van der Waals surface area contributed by atoms with Gasteiger partial charge in [0.15, 0.2) is 4.67 Å². The number of aryl methyl sites for hydroxylation is 1. The van der Waals surface area contributed by atoms with Gasteiger partial charge in [0.25, 0.3) is 0 Å². The van der Waals surface area contributed by atoms with E-state index in [1.54, 1.807) is 6.26 Å². The molecular weight excluding hydrogens is 266 g/mol. The Hall–Kier alpha value is -1.06. The summed E-state index contributed by atoms with van der Waals surface area (Å²) in [5.41, 5.74) is 3.67. The van der Waals surface area contributed by atoms with E-state index in [9.17, 15) is 0 Å². The van der Waals surface area contributed by atoms with Crippen LogP contribution in [0.4, 0.5) is 0 Å². The molecule has 1 aromatic carbocycles. The van der Waals surface area contributed by atoms with Gasteiger partial charge in [-0.05, 0) is 47.1 Å². The van der Waals surface area contributed by atoms with Gasteiger partial charge in [0.05, 0.1) is 12.3 Å². The van der Waals surface area contributed by atoms with Crippen molar-refractivity contribution in [1.29, 1.82) is 0 Å². The molecule has 3 heteroatoms. The lowest BCUT2D eigenvalue weighted by Crippen LogP contribution is -2.18. The molecule has 0 saturated heterocycles. The molecule has 0 radical (unpaired) electrons. The summed E-state index contributed by atoms with van der Waals surface area (Å²) in [4.78, 5) is 0. The second-order valence-corrected chi connectivity index (χ2v) is 4.45. The second kappa shape index (κ2) is 4.85. The average molecular weight is 280 g/mol. The minimum absolute atomic E-state index is 0.161. The smallest absolute Gasteiger partial charge is 0.174 e. The average Bonchev–Trinajstić information content (AvgIpc) is 2.69. The van der Waals surface area contributed by atoms with Gasteiger partial charge in [-0.25, -0.2) is 0 Å². The topological polar surface area (TPSA) is 25.2 Å². The molecule has 0 spiro atoms. The molecule has 2 rings (SSSR count). The van der Waals surface area contributed by atoms with Gasteiger partial charge in [0, 0.05) is 5.56 Å². The lowest BCUT2D eigenvalue weighted by Gasteiger charge is -2.17. The zero-order chi connectivity index (χ0) is 11.5. The van der Waals surface area contributed by atoms with Crippen LogP contribution >= 0.6 is 15.9 Å². The van der Waals surface area contributed by atoms with E-state index in [-0.39, 0.29) is 6.04 Å². The van der Waals surface area contributed by atoms with Gasteiger partial charge in [0.2, 0.25) is 0 Å². The van der Waals surface area contributed by atoms with E-state index in [0.717, 1.165) is 10.2 Å². The van der Waals surface area contributed by atoms with Gasteiger partial charge in [-0.1, -0.05) is 24.3 Å². The standard InChI is InChI=1S/C13H14BrNO/c1-9-5-3-4-6-10(9)12(15-2)11-7-8-16-13(11)14/h3-8,12,15H,1-2H3. The Labute approximate surface area is 104 Å². The molecule has 16 heavy (non-hydrogen) atoms. The molecule has 1 atom stereocenters. The van der Waals surface area contributed by atoms with Crippen molar-refractivity contribution in [1.82, 2.24) is 5.32 Å². The minimum atomic E-state index is 0.161. The number of furan rings is 1. The number of hydrogen-bond donors (Lipinski definition) is 1. The Balaban J connectivity index is 2.45. The van der Waals surface area contributed by atoms with E-state index >= 15 is 0 Å². The van der Waals surface area contributed by atoms with Crippen molar-refractivity contribution in [3.63, 3.8) is 0 Å². The summed E-state index contributed by atoms with van der Waals surface area (Å²) < 4.78 is 6.07. The fourth-order valence-electron chi connectivity index (χ4n) is 1.90. The van der Waals surface area contributed by atoms with Crippen molar-refractivity contribution in [2.24, 2.45) is 0 Å². The van der Waals surface area contributed by atoms with Gasteiger partial charge in [-0.15, -0.1) is 0 Å². The van der Waals surface area contributed by atoms with Crippen LogP contribution in [0.25, 0.3) is 0 Å². The molecule has 0 saturated carbocycles. The first-order valence-corrected chi connectivity index (χ1v) is 5.99. The SMILES string of the molecule is CNC(c1ccccc1C)c1ccoc1Br. The van der Waals surface area contributed by atoms with E-state index in [2.05, 4.69) is 52.4 Å². The molecule has 0 aliphatic rings. The van der Waals surface area contributed by atoms with Crippen molar-refractivity contribution in [2.75, 3.05) is 7.05 Å². The first kappa shape index (κ1) is 11.4. The number of hydrogen-bond acceptors (Lipinski definition) is 2. The maximum atomic E-state index is 5.29. The van der Waals surface area contributed by atoms with E-state index in [4.69, 9.17) is 4.42 Å². The van der Waals surface area contributed by atoms with Crippen LogP contribution in [0, 0.1) is 6.92 Å². The van der Waals surface area contributed by atoms with Crippen LogP contribution in [0.3, 0.4) is 0 Å². The van der Waals surface area contributed by atoms with Crippen LogP contribution in [0.1, 0.15) is 22.7 Å². The molecule has 0 amide bonds. The lowest BCUT2D eigenvalue weighted by molar-refractivity contribution is 0.530. The summed E-state index contributed by atoms with van der Waals surface area (Å²) in [6, 6.07) is 10.5. The number of halogens is 1. The molecule has 1 unspecified atom stereocenters. The molecule has 2 aromatic rings. The molecule has 0 fully saturated rings. The fraction of sp³-hybridized carbons (Fsp3) is 0.231. The highest BCUT2D eigenvalue weighted by atomic mass is 79.9. The van der Waals surface area contributed by atoms with Gasteiger partial charge < -0.3 is 9.73 Å². The quantitative estimate of drug-likeness (QED) is 0.928. The third-order valence-corrected chi connectivity index (χ3v) is 3.39. The van der Waals surface area contributed by atoms with E-state index in [0.29, 0.717) is 0 Å². The van der Waals surface area contributed by atoms with Crippen LogP contribution < -0.4 is 5.32 Å². The molecule has 84 valence electrons. The largest absolute Gasteiger partial charge is 0.457 e. The van der Waals surface area contributed by atoms with Crippen LogP contribution in [0.5, 0.6) is 0 Å². The predicted octanol–water partition coefficient (Wildman–Crippen LogP) is 3.66. The summed E-state index contributed by atoms with van der Waals surface area (Å²) in [5.74, 6) is 0. The van der Waals surface area contributed by atoms with Crippen molar-refractivity contribution >= 4 is 15.9 Å². The molecule has 1 heterocycles. The normalized spacial score (nSPS) is 12.7. The first-order valence-electron chi connectivity index (χ1n) is 5.19. The van der Waals surface area contributed by atoms with Crippen molar-refractivity contribution in [2.45, 2.75) is 13.0 Å². The minimum Gasteiger partial charge on any atom is -0.457 e. The third-order valence-electron chi connectivity index (χ3n) is 2.75. The number of rotatable bonds is 3. The second-order valence-electron chi connectivity index (χ2n) is 3.73. The fourth-order valence-corrected chi connectivity index (χ4v) is 2.37. The number of nitrogens with one attached hydrogen (secondary N) is 1. The van der Waals surface area contributed by atoms with Crippen molar-refractivity contribution in [3.8, 4) is 0 Å². The Kier molecular flexibility index (Phi) is 3.46. The Morgan fingerprint density at radius 2 is 1.94 bits per heavy atom. The highest BCUT2D eigenvalue weighted by Crippen LogP contribution is 2.30. The lowest BCUT2D eigenvalue weighted by atomic mass is 9.97. The summed E-state index contributed by atoms with van der Waals surface area (Å²) >= 11 is 3.42. The zero-order valence-corrected chi connectivity index (χ0v) is 10.9. The van der Waals surface area contributed by atoms with E-state index < -0.39 is 0 Å². The third kappa shape index (κ3) is 2.06. The van der Waals surface area contributed by atoms with Gasteiger partial charge >= 0.3 is 0 Å². The molecule has 0 bridgehead atoms. The molecule has 1 N–H and O–H groups in total. The molecule has 1 aromatic heterocycles. The molecule has 0 aliphatic carbocycles. The monoisotopic (exact) mass is 279 g/mol. The molecular formula is C13H14BrNO. The van der Waals surface area contributed by atoms with Crippen molar-refractivity contribution in [3.05, 3.63) is 58.0 Å². The Bertz CT molecular complexity index is 478. The van der Waals surface area contributed by atoms with Gasteiger partial charge in [-0.2, -0.15) is 0 Å². The van der Waals surface area contributed by atoms with Crippen LogP contribution in [-0.4, -0.2) is 7.05 Å². The Morgan fingerprint density at radius 3 is 2.50 bits per heavy atom. The van der Waals surface area contributed by atoms with Crippen LogP contribution in [0.15, 0.2) is 45.7 Å². The predicted molar refractivity (Wildman–Crippen MR) is 68.5 cm³/mol. The maximum absolute atomic E-state index is 5.29. The highest BCUT2D eigenvalue weighted by Gasteiger charge is 2.18. The summed E-state index contributed by atoms with van der Waals surface area (Å²) in [6.07, 6.45) is 1.70. The van der Waals surface area contributed by atoms with Crippen molar-refractivity contribution < 1.29 is 4.42 Å². The summed E-state index contributed by atoms with van der Waals surface area (Å²) in [6.45, 7) is 2.12. The van der Waals surface area contributed by atoms with E-state index in [1.165, 1.54) is 11.1 Å². The molecule has 0 aliphatic heterocycles. The van der Waals surface area contributed by atoms with Gasteiger partial charge in [0.1, 0.15) is 0 Å². The molecule has 2 nitrogen and oxygen atoms in total. The number of benzene rings is 1. The maximum Gasteiger partial charge on any atom is 0.174 e. The van der Waals surface area contributed by atoms with Crippen LogP contribution in [0.2, 0.25) is 0 Å². The summed E-state index contributed by atoms with van der Waals surface area (Å²) in [5, 5.41) is 3.31. The van der Waals surface area contributed by atoms with Gasteiger partial charge in [-0.3, -0.25) is 0 Å². The van der Waals surface area contributed by atoms with Crippen LogP contribution in [-0.2, 0) is 0 Å². The summed E-state index contributed by atoms with van der Waals surface area (Å²) in [7, 11) is 1.95. The van der Waals surface area contributed by atoms with E-state index in [1.807, 2.05) is 13.1 Å². The first-order chi connectivity index (χ1) is 7.74. The zero-order valence-electron chi connectivity index (χ0n) is 9.33. The highest BCUT2D eigenvalue weighted by molar-refractivity contribution is 9.10.